The SMILES string of the molecule is CCOc1cccc(C2/C(=C(/O)c3ccc4ccccc4c3)C(=O)C(=O)N2CCN(C)C)c1. The summed E-state index contributed by atoms with van der Waals surface area (Å²) in [6.07, 6.45) is 0. The van der Waals surface area contributed by atoms with Gasteiger partial charge in [-0.15, -0.1) is 0 Å². The molecule has 0 aliphatic carbocycles. The molecule has 0 saturated carbocycles. The Kier molecular flexibility index (Phi) is 6.47. The van der Waals surface area contributed by atoms with E-state index in [1.165, 1.54) is 0 Å². The lowest BCUT2D eigenvalue weighted by Gasteiger charge is -2.27. The third kappa shape index (κ3) is 4.47. The van der Waals surface area contributed by atoms with Gasteiger partial charge >= 0.3 is 0 Å². The normalized spacial score (nSPS) is 17.8. The standard InChI is InChI=1S/C27H28N2O4/c1-4-33-22-11-7-10-20(17-22)24-23(26(31)27(32)29(24)15-14-28(2)3)25(30)21-13-12-18-8-5-6-9-19(18)16-21/h5-13,16-17,24,30H,4,14-15H2,1-3H3/b25-23-. The number of nitrogens with zero attached hydrogens (tertiary/aromatic N) is 2. The molecule has 1 heterocycles. The van der Waals surface area contributed by atoms with Crippen LogP contribution in [0.3, 0.4) is 0 Å². The van der Waals surface area contributed by atoms with E-state index < -0.39 is 17.7 Å². The second kappa shape index (κ2) is 9.46. The first-order valence-electron chi connectivity index (χ1n) is 11.1. The molecule has 1 atom stereocenters. The van der Waals surface area contributed by atoms with Crippen molar-refractivity contribution in [2.24, 2.45) is 0 Å². The minimum atomic E-state index is -0.697. The lowest BCUT2D eigenvalue weighted by atomic mass is 9.94. The maximum absolute atomic E-state index is 13.2. The summed E-state index contributed by atoms with van der Waals surface area (Å²) in [6.45, 7) is 3.34. The second-order valence-corrected chi connectivity index (χ2v) is 8.36. The topological polar surface area (TPSA) is 70.1 Å². The van der Waals surface area contributed by atoms with E-state index in [0.29, 0.717) is 31.0 Å². The van der Waals surface area contributed by atoms with Crippen LogP contribution in [0.25, 0.3) is 16.5 Å². The number of ether oxygens (including phenoxy) is 1. The first-order valence-corrected chi connectivity index (χ1v) is 11.1. The largest absolute Gasteiger partial charge is 0.507 e. The molecule has 1 saturated heterocycles. The first kappa shape index (κ1) is 22.6. The van der Waals surface area contributed by atoms with Gasteiger partial charge in [-0.3, -0.25) is 9.59 Å². The van der Waals surface area contributed by atoms with E-state index in [1.54, 1.807) is 11.0 Å². The van der Waals surface area contributed by atoms with E-state index in [4.69, 9.17) is 4.74 Å². The van der Waals surface area contributed by atoms with E-state index in [-0.39, 0.29) is 11.3 Å². The van der Waals surface area contributed by atoms with E-state index in [0.717, 1.165) is 16.3 Å². The summed E-state index contributed by atoms with van der Waals surface area (Å²) in [5, 5.41) is 13.3. The van der Waals surface area contributed by atoms with Gasteiger partial charge in [-0.1, -0.05) is 48.5 Å². The molecule has 33 heavy (non-hydrogen) atoms. The van der Waals surface area contributed by atoms with Crippen molar-refractivity contribution in [2.75, 3.05) is 33.8 Å². The maximum Gasteiger partial charge on any atom is 0.295 e. The number of aliphatic hydroxyl groups is 1. The summed E-state index contributed by atoms with van der Waals surface area (Å²) >= 11 is 0. The average Bonchev–Trinajstić information content (AvgIpc) is 3.07. The minimum Gasteiger partial charge on any atom is -0.507 e. The number of hydrogen-bond donors (Lipinski definition) is 1. The van der Waals surface area contributed by atoms with Gasteiger partial charge in [0, 0.05) is 18.7 Å². The number of ketones is 1. The second-order valence-electron chi connectivity index (χ2n) is 8.36. The highest BCUT2D eigenvalue weighted by Gasteiger charge is 2.46. The van der Waals surface area contributed by atoms with Crippen molar-refractivity contribution < 1.29 is 19.4 Å². The summed E-state index contributed by atoms with van der Waals surface area (Å²) < 4.78 is 5.65. The lowest BCUT2D eigenvalue weighted by Crippen LogP contribution is -2.35. The molecule has 6 nitrogen and oxygen atoms in total. The smallest absolute Gasteiger partial charge is 0.295 e. The van der Waals surface area contributed by atoms with Crippen LogP contribution < -0.4 is 4.74 Å². The zero-order valence-corrected chi connectivity index (χ0v) is 19.1. The number of fused-ring (bicyclic) bond motifs is 1. The Morgan fingerprint density at radius 3 is 2.48 bits per heavy atom. The van der Waals surface area contributed by atoms with Gasteiger partial charge in [0.1, 0.15) is 11.5 Å². The highest BCUT2D eigenvalue weighted by atomic mass is 16.5. The fraction of sp³-hybridized carbons (Fsp3) is 0.259. The zero-order valence-electron chi connectivity index (χ0n) is 19.1. The van der Waals surface area contributed by atoms with Crippen LogP contribution in [-0.2, 0) is 9.59 Å². The van der Waals surface area contributed by atoms with Crippen LogP contribution in [0.1, 0.15) is 24.1 Å². The molecule has 1 aliphatic heterocycles. The molecule has 6 heteroatoms. The number of Topliss-reactive ketones (excluding diaryl/α,β-unsaturated/α-hetero) is 1. The zero-order chi connectivity index (χ0) is 23.5. The van der Waals surface area contributed by atoms with Gasteiger partial charge in [0.15, 0.2) is 0 Å². The summed E-state index contributed by atoms with van der Waals surface area (Å²) in [4.78, 5) is 29.7. The van der Waals surface area contributed by atoms with Crippen LogP contribution in [0.4, 0.5) is 0 Å². The highest BCUT2D eigenvalue weighted by Crippen LogP contribution is 2.40. The van der Waals surface area contributed by atoms with E-state index in [2.05, 4.69) is 0 Å². The van der Waals surface area contributed by atoms with Gasteiger partial charge in [-0.2, -0.15) is 0 Å². The Hall–Kier alpha value is -3.64. The Morgan fingerprint density at radius 1 is 1.00 bits per heavy atom. The van der Waals surface area contributed by atoms with Crippen molar-refractivity contribution >= 4 is 28.2 Å². The number of aliphatic hydroxyl groups excluding tert-OH is 1. The van der Waals surface area contributed by atoms with Crippen molar-refractivity contribution in [3.63, 3.8) is 0 Å². The van der Waals surface area contributed by atoms with E-state index >= 15 is 0 Å². The number of carbonyl (C=O) groups is 2. The van der Waals surface area contributed by atoms with Crippen LogP contribution in [0, 0.1) is 0 Å². The average molecular weight is 445 g/mol. The number of likely N-dealkylation sites (tertiary alicyclic amines) is 1. The summed E-state index contributed by atoms with van der Waals surface area (Å²) in [5.41, 5.74) is 1.33. The summed E-state index contributed by atoms with van der Waals surface area (Å²) in [7, 11) is 3.83. The van der Waals surface area contributed by atoms with Gasteiger partial charge in [0.25, 0.3) is 11.7 Å². The monoisotopic (exact) mass is 444 g/mol. The molecule has 1 amide bonds. The van der Waals surface area contributed by atoms with Crippen molar-refractivity contribution in [3.05, 3.63) is 83.4 Å². The maximum atomic E-state index is 13.2. The first-order chi connectivity index (χ1) is 15.9. The van der Waals surface area contributed by atoms with Crippen LogP contribution in [0.5, 0.6) is 5.75 Å². The Labute approximate surface area is 193 Å². The number of amides is 1. The fourth-order valence-corrected chi connectivity index (χ4v) is 4.20. The molecule has 0 aromatic heterocycles. The number of likely N-dealkylation sites (N-methyl/N-ethyl adjacent to an activating group) is 1. The summed E-state index contributed by atoms with van der Waals surface area (Å²) in [6, 6.07) is 20.0. The molecule has 4 rings (SSSR count). The molecule has 170 valence electrons. The van der Waals surface area contributed by atoms with Gasteiger partial charge in [-0.05, 0) is 55.6 Å². The summed E-state index contributed by atoms with van der Waals surface area (Å²) in [5.74, 6) is -0.797. The number of benzene rings is 3. The van der Waals surface area contributed by atoms with Crippen LogP contribution in [0.15, 0.2) is 72.3 Å². The van der Waals surface area contributed by atoms with Gasteiger partial charge in [-0.25, -0.2) is 0 Å². The van der Waals surface area contributed by atoms with E-state index in [9.17, 15) is 14.7 Å². The molecule has 1 N–H and O–H groups in total. The third-order valence-electron chi connectivity index (χ3n) is 5.84. The van der Waals surface area contributed by atoms with Crippen molar-refractivity contribution in [2.45, 2.75) is 13.0 Å². The van der Waals surface area contributed by atoms with Gasteiger partial charge in [0.2, 0.25) is 0 Å². The van der Waals surface area contributed by atoms with Crippen LogP contribution in [0.2, 0.25) is 0 Å². The highest BCUT2D eigenvalue weighted by molar-refractivity contribution is 6.46. The molecule has 3 aromatic carbocycles. The molecule has 0 bridgehead atoms. The molecule has 1 unspecified atom stereocenters. The minimum absolute atomic E-state index is 0.0997. The van der Waals surface area contributed by atoms with Crippen LogP contribution >= 0.6 is 0 Å². The number of carbonyl (C=O) groups excluding carboxylic acids is 2. The number of rotatable bonds is 7. The molecule has 0 radical (unpaired) electrons. The van der Waals surface area contributed by atoms with Crippen molar-refractivity contribution in [3.8, 4) is 5.75 Å². The van der Waals surface area contributed by atoms with Crippen molar-refractivity contribution in [1.29, 1.82) is 0 Å². The Bertz CT molecular complexity index is 1230. The lowest BCUT2D eigenvalue weighted by molar-refractivity contribution is -0.140. The van der Waals surface area contributed by atoms with Crippen LogP contribution in [-0.4, -0.2) is 60.4 Å². The predicted molar refractivity (Wildman–Crippen MR) is 129 cm³/mol. The molecular formula is C27H28N2O4. The van der Waals surface area contributed by atoms with Gasteiger partial charge in [0.05, 0.1) is 18.2 Å². The third-order valence-corrected chi connectivity index (χ3v) is 5.84. The fourth-order valence-electron chi connectivity index (χ4n) is 4.20. The number of hydrogen-bond acceptors (Lipinski definition) is 5. The van der Waals surface area contributed by atoms with Crippen molar-refractivity contribution in [1.82, 2.24) is 9.80 Å². The molecule has 0 spiro atoms. The molecule has 1 fully saturated rings. The Balaban J connectivity index is 1.86. The van der Waals surface area contributed by atoms with E-state index in [1.807, 2.05) is 86.6 Å². The molecule has 3 aromatic rings. The van der Waals surface area contributed by atoms with Gasteiger partial charge < -0.3 is 19.6 Å². The predicted octanol–water partition coefficient (Wildman–Crippen LogP) is 4.22. The quantitative estimate of drug-likeness (QED) is 0.336. The Morgan fingerprint density at radius 2 is 1.76 bits per heavy atom. The molecular weight excluding hydrogens is 416 g/mol. The molecule has 1 aliphatic rings.